The molecule has 0 bridgehead atoms. The molecule has 1 heterocycles. The molecule has 1 amide bonds. The summed E-state index contributed by atoms with van der Waals surface area (Å²) in [6.45, 7) is 0. The minimum atomic E-state index is -0.118. The molecule has 0 atom stereocenters. The van der Waals surface area contributed by atoms with Crippen molar-refractivity contribution in [3.8, 4) is 11.5 Å². The number of amides is 1. The van der Waals surface area contributed by atoms with Gasteiger partial charge in [-0.2, -0.15) is 0 Å². The summed E-state index contributed by atoms with van der Waals surface area (Å²) < 4.78 is 10.7. The molecule has 2 N–H and O–H groups in total. The van der Waals surface area contributed by atoms with Gasteiger partial charge in [0.1, 0.15) is 0 Å². The van der Waals surface area contributed by atoms with Crippen molar-refractivity contribution in [2.24, 2.45) is 0 Å². The summed E-state index contributed by atoms with van der Waals surface area (Å²) in [4.78, 5) is 12.3. The van der Waals surface area contributed by atoms with Gasteiger partial charge in [-0.3, -0.25) is 4.79 Å². The molecule has 21 heavy (non-hydrogen) atoms. The molecular formula is C16H22N2O3. The number of fused-ring (bicyclic) bond motifs is 1. The number of hydrogen-bond donors (Lipinski definition) is 2. The molecule has 114 valence electrons. The van der Waals surface area contributed by atoms with E-state index in [0.29, 0.717) is 17.9 Å². The van der Waals surface area contributed by atoms with E-state index in [9.17, 15) is 4.79 Å². The third kappa shape index (κ3) is 2.64. The lowest BCUT2D eigenvalue weighted by molar-refractivity contribution is -0.117. The summed E-state index contributed by atoms with van der Waals surface area (Å²) in [7, 11) is 3.22. The van der Waals surface area contributed by atoms with Gasteiger partial charge < -0.3 is 20.1 Å². The van der Waals surface area contributed by atoms with Crippen LogP contribution in [0.1, 0.15) is 38.5 Å². The lowest BCUT2D eigenvalue weighted by atomic mass is 9.79. The van der Waals surface area contributed by atoms with E-state index in [0.717, 1.165) is 24.2 Å². The summed E-state index contributed by atoms with van der Waals surface area (Å²) in [5, 5.41) is 6.60. The quantitative estimate of drug-likeness (QED) is 0.878. The fourth-order valence-corrected chi connectivity index (χ4v) is 3.45. The van der Waals surface area contributed by atoms with Crippen LogP contribution in [0.2, 0.25) is 0 Å². The van der Waals surface area contributed by atoms with Gasteiger partial charge in [0, 0.05) is 24.1 Å². The minimum absolute atomic E-state index is 0.0652. The first-order valence-electron chi connectivity index (χ1n) is 7.50. The Morgan fingerprint density at radius 1 is 1.00 bits per heavy atom. The van der Waals surface area contributed by atoms with E-state index < -0.39 is 0 Å². The average molecular weight is 290 g/mol. The second-order valence-corrected chi connectivity index (χ2v) is 5.94. The van der Waals surface area contributed by atoms with Crippen molar-refractivity contribution < 1.29 is 14.3 Å². The van der Waals surface area contributed by atoms with Crippen LogP contribution in [0.15, 0.2) is 12.1 Å². The number of carbonyl (C=O) groups is 1. The molecule has 0 aromatic heterocycles. The molecule has 1 fully saturated rings. The zero-order valence-corrected chi connectivity index (χ0v) is 12.6. The molecule has 5 heteroatoms. The first-order valence-corrected chi connectivity index (χ1v) is 7.50. The molecule has 3 rings (SSSR count). The Morgan fingerprint density at radius 3 is 2.24 bits per heavy atom. The SMILES string of the molecule is COc1cc2c(cc1OC)NC1(CCCCC1)CC(=O)N2. The predicted octanol–water partition coefficient (Wildman–Crippen LogP) is 3.16. The molecule has 5 nitrogen and oxygen atoms in total. The Bertz CT molecular complexity index is 551. The second-order valence-electron chi connectivity index (χ2n) is 5.94. The van der Waals surface area contributed by atoms with Gasteiger partial charge in [0.15, 0.2) is 11.5 Å². The van der Waals surface area contributed by atoms with E-state index in [1.165, 1.54) is 19.3 Å². The van der Waals surface area contributed by atoms with E-state index in [1.54, 1.807) is 14.2 Å². The van der Waals surface area contributed by atoms with Crippen molar-refractivity contribution in [1.82, 2.24) is 0 Å². The van der Waals surface area contributed by atoms with Gasteiger partial charge in [-0.15, -0.1) is 0 Å². The van der Waals surface area contributed by atoms with E-state index >= 15 is 0 Å². The number of ether oxygens (including phenoxy) is 2. The van der Waals surface area contributed by atoms with Crippen LogP contribution in [-0.4, -0.2) is 25.7 Å². The zero-order chi connectivity index (χ0) is 14.9. The van der Waals surface area contributed by atoms with Crippen molar-refractivity contribution in [3.05, 3.63) is 12.1 Å². The van der Waals surface area contributed by atoms with Gasteiger partial charge in [-0.25, -0.2) is 0 Å². The molecule has 2 aliphatic rings. The average Bonchev–Trinajstić information content (AvgIpc) is 2.61. The van der Waals surface area contributed by atoms with Crippen LogP contribution in [0.3, 0.4) is 0 Å². The molecule has 0 saturated heterocycles. The van der Waals surface area contributed by atoms with Crippen LogP contribution in [0.5, 0.6) is 11.5 Å². The fourth-order valence-electron chi connectivity index (χ4n) is 3.45. The number of methoxy groups -OCH3 is 2. The van der Waals surface area contributed by atoms with Gasteiger partial charge in [0.05, 0.1) is 25.6 Å². The van der Waals surface area contributed by atoms with Gasteiger partial charge >= 0.3 is 0 Å². The number of carbonyl (C=O) groups excluding carboxylic acids is 1. The highest BCUT2D eigenvalue weighted by Gasteiger charge is 2.37. The van der Waals surface area contributed by atoms with E-state index in [1.807, 2.05) is 12.1 Å². The van der Waals surface area contributed by atoms with Gasteiger partial charge in [0.25, 0.3) is 0 Å². The summed E-state index contributed by atoms with van der Waals surface area (Å²) in [6.07, 6.45) is 6.18. The lowest BCUT2D eigenvalue weighted by Gasteiger charge is -2.37. The number of benzene rings is 1. The maximum absolute atomic E-state index is 12.3. The largest absolute Gasteiger partial charge is 0.493 e. The topological polar surface area (TPSA) is 59.6 Å². The van der Waals surface area contributed by atoms with Crippen LogP contribution < -0.4 is 20.1 Å². The molecule has 0 radical (unpaired) electrons. The summed E-state index contributed by atoms with van der Waals surface area (Å²) in [5.74, 6) is 1.36. The van der Waals surface area contributed by atoms with Crippen LogP contribution in [0.25, 0.3) is 0 Å². The van der Waals surface area contributed by atoms with E-state index in [-0.39, 0.29) is 11.4 Å². The highest BCUT2D eigenvalue weighted by atomic mass is 16.5. The monoisotopic (exact) mass is 290 g/mol. The third-order valence-electron chi connectivity index (χ3n) is 4.51. The number of rotatable bonds is 2. The van der Waals surface area contributed by atoms with Crippen molar-refractivity contribution in [3.63, 3.8) is 0 Å². The first-order chi connectivity index (χ1) is 10.2. The van der Waals surface area contributed by atoms with Crippen LogP contribution in [0.4, 0.5) is 11.4 Å². The third-order valence-corrected chi connectivity index (χ3v) is 4.51. The van der Waals surface area contributed by atoms with Crippen molar-refractivity contribution in [2.45, 2.75) is 44.1 Å². The van der Waals surface area contributed by atoms with Gasteiger partial charge in [0.2, 0.25) is 5.91 Å². The second kappa shape index (κ2) is 5.47. The summed E-state index contributed by atoms with van der Waals surface area (Å²) >= 11 is 0. The maximum Gasteiger partial charge on any atom is 0.226 e. The molecule has 1 spiro atoms. The standard InChI is InChI=1S/C16H22N2O3/c1-20-13-8-11-12(9-14(13)21-2)18-16(10-15(19)17-11)6-4-3-5-7-16/h8-9,18H,3-7,10H2,1-2H3,(H,17,19). The number of anilines is 2. The molecule has 1 aromatic carbocycles. The van der Waals surface area contributed by atoms with Crippen molar-refractivity contribution in [1.29, 1.82) is 0 Å². The number of nitrogens with one attached hydrogen (secondary N) is 2. The molecule has 1 aromatic rings. The minimum Gasteiger partial charge on any atom is -0.493 e. The van der Waals surface area contributed by atoms with Crippen LogP contribution in [-0.2, 0) is 4.79 Å². The molecular weight excluding hydrogens is 268 g/mol. The Kier molecular flexibility index (Phi) is 3.66. The normalized spacial score (nSPS) is 20.0. The van der Waals surface area contributed by atoms with Crippen molar-refractivity contribution >= 4 is 17.3 Å². The highest BCUT2D eigenvalue weighted by Crippen LogP contribution is 2.43. The van der Waals surface area contributed by atoms with Gasteiger partial charge in [-0.05, 0) is 12.8 Å². The molecule has 1 aliphatic carbocycles. The first kappa shape index (κ1) is 14.0. The highest BCUT2D eigenvalue weighted by molar-refractivity contribution is 5.97. The van der Waals surface area contributed by atoms with Gasteiger partial charge in [-0.1, -0.05) is 19.3 Å². The van der Waals surface area contributed by atoms with Crippen LogP contribution in [0, 0.1) is 0 Å². The van der Waals surface area contributed by atoms with Crippen LogP contribution >= 0.6 is 0 Å². The van der Waals surface area contributed by atoms with Crippen molar-refractivity contribution in [2.75, 3.05) is 24.9 Å². The Morgan fingerprint density at radius 2 is 1.62 bits per heavy atom. The maximum atomic E-state index is 12.3. The predicted molar refractivity (Wildman–Crippen MR) is 82.2 cm³/mol. The van der Waals surface area contributed by atoms with E-state index in [4.69, 9.17) is 9.47 Å². The summed E-state index contributed by atoms with van der Waals surface area (Å²) in [5.41, 5.74) is 1.56. The lowest BCUT2D eigenvalue weighted by Crippen LogP contribution is -2.41. The molecule has 1 aliphatic heterocycles. The van der Waals surface area contributed by atoms with E-state index in [2.05, 4.69) is 10.6 Å². The fraction of sp³-hybridized carbons (Fsp3) is 0.562. The smallest absolute Gasteiger partial charge is 0.226 e. The zero-order valence-electron chi connectivity index (χ0n) is 12.6. The Labute approximate surface area is 125 Å². The molecule has 1 saturated carbocycles. The molecule has 0 unspecified atom stereocenters. The summed E-state index contributed by atoms with van der Waals surface area (Å²) in [6, 6.07) is 3.73. The number of hydrogen-bond acceptors (Lipinski definition) is 4. The Balaban J connectivity index is 2.01. The Hall–Kier alpha value is -1.91.